The minimum absolute atomic E-state index is 0.132. The fourth-order valence-corrected chi connectivity index (χ4v) is 6.31. The highest BCUT2D eigenvalue weighted by Gasteiger charge is 2.25. The predicted molar refractivity (Wildman–Crippen MR) is 130 cm³/mol. The van der Waals surface area contributed by atoms with Crippen LogP contribution in [0.15, 0.2) is 59.5 Å². The maximum absolute atomic E-state index is 12.9. The number of hydrogen-bond donors (Lipinski definition) is 1. The van der Waals surface area contributed by atoms with Gasteiger partial charge in [0.05, 0.1) is 16.8 Å². The van der Waals surface area contributed by atoms with Gasteiger partial charge in [-0.1, -0.05) is 31.0 Å². The first-order valence-electron chi connectivity index (χ1n) is 11.1. The van der Waals surface area contributed by atoms with Crippen LogP contribution in [-0.2, 0) is 24.8 Å². The number of carbonyl (C=O) groups is 1. The van der Waals surface area contributed by atoms with Gasteiger partial charge in [-0.3, -0.25) is 9.10 Å². The van der Waals surface area contributed by atoms with Crippen molar-refractivity contribution in [2.75, 3.05) is 35.5 Å². The van der Waals surface area contributed by atoms with Crippen LogP contribution < -0.4 is 9.62 Å². The van der Waals surface area contributed by atoms with Crippen molar-refractivity contribution in [2.24, 2.45) is 0 Å². The molecule has 33 heavy (non-hydrogen) atoms. The van der Waals surface area contributed by atoms with Crippen molar-refractivity contribution in [1.29, 1.82) is 0 Å². The summed E-state index contributed by atoms with van der Waals surface area (Å²) in [7, 11) is -7.00. The number of nitrogens with one attached hydrogen (secondary N) is 1. The summed E-state index contributed by atoms with van der Waals surface area (Å²) < 4.78 is 52.8. The van der Waals surface area contributed by atoms with E-state index in [9.17, 15) is 21.6 Å². The average molecular weight is 494 g/mol. The highest BCUT2D eigenvalue weighted by molar-refractivity contribution is 7.92. The van der Waals surface area contributed by atoms with Crippen LogP contribution in [-0.4, -0.2) is 52.9 Å². The number of hydrogen-bond acceptors (Lipinski definition) is 5. The zero-order chi connectivity index (χ0) is 23.9. The number of sulfonamides is 2. The molecule has 1 heterocycles. The topological polar surface area (TPSA) is 104 Å². The summed E-state index contributed by atoms with van der Waals surface area (Å²) in [5.41, 5.74) is 1.06. The van der Waals surface area contributed by atoms with E-state index >= 15 is 0 Å². The highest BCUT2D eigenvalue weighted by Crippen LogP contribution is 2.22. The molecule has 2 aromatic carbocycles. The molecule has 1 fully saturated rings. The molecule has 0 bridgehead atoms. The van der Waals surface area contributed by atoms with E-state index in [1.807, 2.05) is 6.07 Å². The van der Waals surface area contributed by atoms with Gasteiger partial charge in [0.1, 0.15) is 0 Å². The Kier molecular flexibility index (Phi) is 8.50. The van der Waals surface area contributed by atoms with Crippen LogP contribution in [0.3, 0.4) is 0 Å². The molecule has 0 atom stereocenters. The second-order valence-corrected chi connectivity index (χ2v) is 12.0. The van der Waals surface area contributed by atoms with E-state index in [-0.39, 0.29) is 23.8 Å². The lowest BCUT2D eigenvalue weighted by molar-refractivity contribution is -0.116. The summed E-state index contributed by atoms with van der Waals surface area (Å²) in [4.78, 5) is 12.6. The number of rotatable bonds is 9. The zero-order valence-corrected chi connectivity index (χ0v) is 20.4. The number of amides is 1. The molecular weight excluding hydrogens is 462 g/mol. The van der Waals surface area contributed by atoms with Gasteiger partial charge in [0.2, 0.25) is 26.0 Å². The van der Waals surface area contributed by atoms with E-state index < -0.39 is 20.0 Å². The molecule has 3 rings (SSSR count). The summed E-state index contributed by atoms with van der Waals surface area (Å²) >= 11 is 0. The van der Waals surface area contributed by atoms with Gasteiger partial charge in [-0.25, -0.2) is 16.8 Å². The smallest absolute Gasteiger partial charge is 0.243 e. The fourth-order valence-electron chi connectivity index (χ4n) is 3.83. The van der Waals surface area contributed by atoms with E-state index in [1.165, 1.54) is 20.7 Å². The Morgan fingerprint density at radius 2 is 1.52 bits per heavy atom. The monoisotopic (exact) mass is 493 g/mol. The van der Waals surface area contributed by atoms with Crippen LogP contribution in [0.2, 0.25) is 0 Å². The molecule has 0 radical (unpaired) electrons. The molecule has 1 aliphatic heterocycles. The first-order valence-corrected chi connectivity index (χ1v) is 14.4. The lowest BCUT2D eigenvalue weighted by Crippen LogP contribution is -2.32. The molecule has 1 saturated heterocycles. The van der Waals surface area contributed by atoms with Gasteiger partial charge in [-0.2, -0.15) is 4.31 Å². The molecule has 0 spiro atoms. The number of benzene rings is 2. The number of carbonyl (C=O) groups excluding carboxylic acids is 1. The molecule has 0 unspecified atom stereocenters. The van der Waals surface area contributed by atoms with Gasteiger partial charge in [-0.05, 0) is 55.7 Å². The SMILES string of the molecule is CS(=O)(=O)N(CCCC(=O)Nc1ccc(S(=O)(=O)N2CCCCCC2)cc1)c1ccccc1. The van der Waals surface area contributed by atoms with Crippen molar-refractivity contribution in [3.63, 3.8) is 0 Å². The number of nitrogens with zero attached hydrogens (tertiary/aromatic N) is 2. The second kappa shape index (κ2) is 11.1. The average Bonchev–Trinajstić information content (AvgIpc) is 3.07. The summed E-state index contributed by atoms with van der Waals surface area (Å²) in [6.45, 7) is 1.26. The molecule has 180 valence electrons. The normalized spacial score (nSPS) is 15.5. The fraction of sp³-hybridized carbons (Fsp3) is 0.435. The quantitative estimate of drug-likeness (QED) is 0.576. The lowest BCUT2D eigenvalue weighted by Gasteiger charge is -2.22. The number of para-hydroxylation sites is 1. The van der Waals surface area contributed by atoms with E-state index in [4.69, 9.17) is 0 Å². The van der Waals surface area contributed by atoms with Crippen molar-refractivity contribution in [3.8, 4) is 0 Å². The van der Waals surface area contributed by atoms with Crippen LogP contribution in [0.25, 0.3) is 0 Å². The van der Waals surface area contributed by atoms with Crippen LogP contribution in [0, 0.1) is 0 Å². The molecular formula is C23H31N3O5S2. The molecule has 0 saturated carbocycles. The van der Waals surface area contributed by atoms with Gasteiger partial charge >= 0.3 is 0 Å². The molecule has 0 aromatic heterocycles. The van der Waals surface area contributed by atoms with Gasteiger partial charge in [0, 0.05) is 31.7 Å². The largest absolute Gasteiger partial charge is 0.326 e. The Morgan fingerprint density at radius 1 is 0.909 bits per heavy atom. The molecule has 2 aromatic rings. The van der Waals surface area contributed by atoms with Crippen LogP contribution in [0.1, 0.15) is 38.5 Å². The van der Waals surface area contributed by atoms with Crippen molar-refractivity contribution in [3.05, 3.63) is 54.6 Å². The van der Waals surface area contributed by atoms with E-state index in [0.29, 0.717) is 30.9 Å². The third kappa shape index (κ3) is 7.02. The van der Waals surface area contributed by atoms with Crippen LogP contribution >= 0.6 is 0 Å². The zero-order valence-electron chi connectivity index (χ0n) is 18.8. The van der Waals surface area contributed by atoms with E-state index in [1.54, 1.807) is 36.4 Å². The Morgan fingerprint density at radius 3 is 2.09 bits per heavy atom. The minimum atomic E-state index is -3.54. The maximum Gasteiger partial charge on any atom is 0.243 e. The third-order valence-electron chi connectivity index (χ3n) is 5.55. The van der Waals surface area contributed by atoms with Gasteiger partial charge in [0.25, 0.3) is 0 Å². The molecule has 10 heteroatoms. The van der Waals surface area contributed by atoms with Gasteiger partial charge in [0.15, 0.2) is 0 Å². The van der Waals surface area contributed by atoms with Gasteiger partial charge in [-0.15, -0.1) is 0 Å². The Labute approximate surface area is 196 Å². The molecule has 1 aliphatic rings. The Bertz CT molecular complexity index is 1130. The van der Waals surface area contributed by atoms with Crippen molar-refractivity contribution < 1.29 is 21.6 Å². The van der Waals surface area contributed by atoms with E-state index in [2.05, 4.69) is 5.32 Å². The van der Waals surface area contributed by atoms with Crippen molar-refractivity contribution in [2.45, 2.75) is 43.4 Å². The van der Waals surface area contributed by atoms with Crippen molar-refractivity contribution >= 4 is 37.3 Å². The second-order valence-electron chi connectivity index (χ2n) is 8.17. The summed E-state index contributed by atoms with van der Waals surface area (Å²) in [5.74, 6) is -0.264. The van der Waals surface area contributed by atoms with Gasteiger partial charge < -0.3 is 5.32 Å². The summed E-state index contributed by atoms with van der Waals surface area (Å²) in [6, 6.07) is 14.9. The van der Waals surface area contributed by atoms with Crippen LogP contribution in [0.5, 0.6) is 0 Å². The van der Waals surface area contributed by atoms with Crippen molar-refractivity contribution in [1.82, 2.24) is 4.31 Å². The third-order valence-corrected chi connectivity index (χ3v) is 8.66. The lowest BCUT2D eigenvalue weighted by atomic mass is 10.2. The molecule has 1 N–H and O–H groups in total. The summed E-state index contributed by atoms with van der Waals surface area (Å²) in [5, 5.41) is 2.75. The van der Waals surface area contributed by atoms with Crippen LogP contribution in [0.4, 0.5) is 11.4 Å². The molecule has 1 amide bonds. The van der Waals surface area contributed by atoms with E-state index in [0.717, 1.165) is 31.9 Å². The predicted octanol–water partition coefficient (Wildman–Crippen LogP) is 3.44. The molecule has 0 aliphatic carbocycles. The first kappa shape index (κ1) is 25.2. The minimum Gasteiger partial charge on any atom is -0.326 e. The summed E-state index contributed by atoms with van der Waals surface area (Å²) in [6.07, 6.45) is 5.45. The highest BCUT2D eigenvalue weighted by atomic mass is 32.2. The Balaban J connectivity index is 1.55. The molecule has 8 nitrogen and oxygen atoms in total. The number of anilines is 2. The Hall–Kier alpha value is -2.43. The first-order chi connectivity index (χ1) is 15.7. The maximum atomic E-state index is 12.9. The standard InChI is InChI=1S/C23H31N3O5S2/c1-32(28,29)26(21-10-5-4-6-11-21)19-9-12-23(27)24-20-13-15-22(16-14-20)33(30,31)25-17-7-2-3-8-18-25/h4-6,10-11,13-16H,2-3,7-9,12,17-19H2,1H3,(H,24,27).